The average Bonchev–Trinajstić information content (AvgIpc) is 2.67. The SMILES string of the molecule is FC(F)COc1ccc(Br)cc1CN1CCC(F)(F)C1. The van der Waals surface area contributed by atoms with E-state index in [1.807, 2.05) is 0 Å². The second-order valence-corrected chi connectivity index (χ2v) is 5.69. The molecule has 7 heteroatoms. The standard InChI is InChI=1S/C13H14BrF4NO/c14-10-1-2-11(20-7-12(15)16)9(5-10)6-19-4-3-13(17,18)8-19/h1-2,5,12H,3-4,6-8H2. The Balaban J connectivity index is 2.07. The lowest BCUT2D eigenvalue weighted by atomic mass is 10.2. The van der Waals surface area contributed by atoms with E-state index in [0.29, 0.717) is 11.3 Å². The summed E-state index contributed by atoms with van der Waals surface area (Å²) in [6.07, 6.45) is -2.74. The first-order valence-electron chi connectivity index (χ1n) is 6.15. The van der Waals surface area contributed by atoms with E-state index in [0.717, 1.165) is 4.47 Å². The third kappa shape index (κ3) is 4.34. The number of alkyl halides is 4. The summed E-state index contributed by atoms with van der Waals surface area (Å²) < 4.78 is 56.5. The monoisotopic (exact) mass is 355 g/mol. The Hall–Kier alpha value is -0.820. The van der Waals surface area contributed by atoms with Gasteiger partial charge < -0.3 is 4.74 Å². The van der Waals surface area contributed by atoms with Gasteiger partial charge >= 0.3 is 0 Å². The lowest BCUT2D eigenvalue weighted by Crippen LogP contribution is -2.25. The number of hydrogen-bond acceptors (Lipinski definition) is 2. The Bertz CT molecular complexity index is 470. The van der Waals surface area contributed by atoms with Gasteiger partial charge in [0.05, 0.1) is 6.54 Å². The predicted molar refractivity (Wildman–Crippen MR) is 70.5 cm³/mol. The first-order valence-corrected chi connectivity index (χ1v) is 6.94. The molecule has 0 unspecified atom stereocenters. The van der Waals surface area contributed by atoms with Gasteiger partial charge in [0, 0.05) is 29.5 Å². The molecule has 1 heterocycles. The minimum Gasteiger partial charge on any atom is -0.487 e. The summed E-state index contributed by atoms with van der Waals surface area (Å²) in [6.45, 7) is -0.472. The quantitative estimate of drug-likeness (QED) is 0.742. The van der Waals surface area contributed by atoms with Crippen molar-refractivity contribution in [3.05, 3.63) is 28.2 Å². The van der Waals surface area contributed by atoms with Crippen molar-refractivity contribution in [2.24, 2.45) is 0 Å². The van der Waals surface area contributed by atoms with Crippen LogP contribution in [0.4, 0.5) is 17.6 Å². The van der Waals surface area contributed by atoms with Gasteiger partial charge in [-0.1, -0.05) is 15.9 Å². The molecular weight excluding hydrogens is 342 g/mol. The highest BCUT2D eigenvalue weighted by Crippen LogP contribution is 2.31. The van der Waals surface area contributed by atoms with Crippen molar-refractivity contribution in [3.8, 4) is 5.75 Å². The third-order valence-corrected chi connectivity index (χ3v) is 3.52. The van der Waals surface area contributed by atoms with Crippen LogP contribution in [0.25, 0.3) is 0 Å². The van der Waals surface area contributed by atoms with Crippen LogP contribution in [-0.2, 0) is 6.54 Å². The molecule has 0 saturated carbocycles. The summed E-state index contributed by atoms with van der Waals surface area (Å²) >= 11 is 3.28. The van der Waals surface area contributed by atoms with E-state index in [2.05, 4.69) is 15.9 Å². The summed E-state index contributed by atoms with van der Waals surface area (Å²) in [6, 6.07) is 4.94. The molecule has 2 nitrogen and oxygen atoms in total. The van der Waals surface area contributed by atoms with Crippen molar-refractivity contribution in [2.45, 2.75) is 25.3 Å². The molecule has 1 aromatic rings. The number of benzene rings is 1. The molecule has 2 rings (SSSR count). The molecule has 1 saturated heterocycles. The zero-order valence-corrected chi connectivity index (χ0v) is 12.2. The Morgan fingerprint density at radius 1 is 1.35 bits per heavy atom. The molecule has 0 atom stereocenters. The average molecular weight is 356 g/mol. The highest BCUT2D eigenvalue weighted by Gasteiger charge is 2.38. The van der Waals surface area contributed by atoms with Gasteiger partial charge in [-0.15, -0.1) is 0 Å². The number of hydrogen-bond donors (Lipinski definition) is 0. The minimum atomic E-state index is -2.67. The molecule has 1 aliphatic heterocycles. The van der Waals surface area contributed by atoms with E-state index in [4.69, 9.17) is 4.74 Å². The smallest absolute Gasteiger partial charge is 0.272 e. The van der Waals surface area contributed by atoms with E-state index in [9.17, 15) is 17.6 Å². The Morgan fingerprint density at radius 3 is 2.70 bits per heavy atom. The van der Waals surface area contributed by atoms with E-state index < -0.39 is 19.0 Å². The number of ether oxygens (including phenoxy) is 1. The Kier molecular flexibility index (Phi) is 4.90. The molecule has 0 aromatic heterocycles. The lowest BCUT2D eigenvalue weighted by Gasteiger charge is -2.18. The fraction of sp³-hybridized carbons (Fsp3) is 0.538. The molecule has 0 radical (unpaired) electrons. The fourth-order valence-electron chi connectivity index (χ4n) is 2.15. The van der Waals surface area contributed by atoms with E-state index in [-0.39, 0.29) is 26.1 Å². The fourth-order valence-corrected chi connectivity index (χ4v) is 2.56. The topological polar surface area (TPSA) is 12.5 Å². The van der Waals surface area contributed by atoms with Crippen LogP contribution >= 0.6 is 15.9 Å². The molecule has 0 bridgehead atoms. The van der Waals surface area contributed by atoms with Crippen LogP contribution in [0.2, 0.25) is 0 Å². The van der Waals surface area contributed by atoms with Crippen LogP contribution < -0.4 is 4.74 Å². The minimum absolute atomic E-state index is 0.172. The number of nitrogens with zero attached hydrogens (tertiary/aromatic N) is 1. The first kappa shape index (κ1) is 15.6. The van der Waals surface area contributed by atoms with Gasteiger partial charge in [-0.05, 0) is 18.2 Å². The molecular formula is C13H14BrF4NO. The molecule has 0 spiro atoms. The first-order chi connectivity index (χ1) is 9.35. The van der Waals surface area contributed by atoms with Crippen molar-refractivity contribution in [3.63, 3.8) is 0 Å². The maximum absolute atomic E-state index is 13.1. The maximum Gasteiger partial charge on any atom is 0.272 e. The summed E-state index contributed by atoms with van der Waals surface area (Å²) in [5.74, 6) is -2.36. The predicted octanol–water partition coefficient (Wildman–Crippen LogP) is 3.93. The summed E-state index contributed by atoms with van der Waals surface area (Å²) in [4.78, 5) is 1.59. The van der Waals surface area contributed by atoms with Crippen molar-refractivity contribution in [2.75, 3.05) is 19.7 Å². The van der Waals surface area contributed by atoms with Crippen LogP contribution in [-0.4, -0.2) is 36.9 Å². The van der Waals surface area contributed by atoms with Crippen molar-refractivity contribution in [1.82, 2.24) is 4.90 Å². The summed E-state index contributed by atoms with van der Waals surface area (Å²) in [7, 11) is 0. The van der Waals surface area contributed by atoms with Crippen molar-refractivity contribution in [1.29, 1.82) is 0 Å². The normalized spacial score (nSPS) is 18.7. The number of rotatable bonds is 5. The van der Waals surface area contributed by atoms with Gasteiger partial charge in [-0.3, -0.25) is 4.90 Å². The van der Waals surface area contributed by atoms with Crippen LogP contribution in [0, 0.1) is 0 Å². The largest absolute Gasteiger partial charge is 0.487 e. The zero-order valence-electron chi connectivity index (χ0n) is 10.6. The Labute approximate surface area is 122 Å². The molecule has 0 amide bonds. The van der Waals surface area contributed by atoms with Gasteiger partial charge in [0.25, 0.3) is 12.3 Å². The molecule has 1 fully saturated rings. The van der Waals surface area contributed by atoms with Crippen LogP contribution in [0.3, 0.4) is 0 Å². The van der Waals surface area contributed by atoms with Gasteiger partial charge in [0.1, 0.15) is 12.4 Å². The molecule has 112 valence electrons. The Morgan fingerprint density at radius 2 is 2.10 bits per heavy atom. The van der Waals surface area contributed by atoms with Crippen molar-refractivity contribution < 1.29 is 22.3 Å². The lowest BCUT2D eigenvalue weighted by molar-refractivity contribution is 0.0114. The van der Waals surface area contributed by atoms with Gasteiger partial charge in [0.2, 0.25) is 0 Å². The highest BCUT2D eigenvalue weighted by molar-refractivity contribution is 9.10. The number of likely N-dealkylation sites (tertiary alicyclic amines) is 1. The number of halogens is 5. The van der Waals surface area contributed by atoms with E-state index in [1.54, 1.807) is 23.1 Å². The van der Waals surface area contributed by atoms with Gasteiger partial charge in [0.15, 0.2) is 0 Å². The van der Waals surface area contributed by atoms with Crippen LogP contribution in [0.1, 0.15) is 12.0 Å². The van der Waals surface area contributed by atoms with Gasteiger partial charge in [-0.2, -0.15) is 0 Å². The third-order valence-electron chi connectivity index (χ3n) is 3.03. The summed E-state index contributed by atoms with van der Waals surface area (Å²) in [5.41, 5.74) is 0.623. The second kappa shape index (κ2) is 6.30. The molecule has 20 heavy (non-hydrogen) atoms. The molecule has 1 aliphatic rings. The van der Waals surface area contributed by atoms with Crippen molar-refractivity contribution >= 4 is 15.9 Å². The summed E-state index contributed by atoms with van der Waals surface area (Å²) in [5, 5.41) is 0. The zero-order chi connectivity index (χ0) is 14.8. The van der Waals surface area contributed by atoms with E-state index >= 15 is 0 Å². The van der Waals surface area contributed by atoms with Crippen LogP contribution in [0.5, 0.6) is 5.75 Å². The molecule has 1 aromatic carbocycles. The molecule has 0 N–H and O–H groups in total. The van der Waals surface area contributed by atoms with Crippen LogP contribution in [0.15, 0.2) is 22.7 Å². The molecule has 0 aliphatic carbocycles. The maximum atomic E-state index is 13.1. The highest BCUT2D eigenvalue weighted by atomic mass is 79.9. The van der Waals surface area contributed by atoms with E-state index in [1.165, 1.54) is 0 Å². The second-order valence-electron chi connectivity index (χ2n) is 4.77. The van der Waals surface area contributed by atoms with Gasteiger partial charge in [-0.25, -0.2) is 17.6 Å².